The van der Waals surface area contributed by atoms with Crippen LogP contribution in [0.3, 0.4) is 0 Å². The lowest BCUT2D eigenvalue weighted by molar-refractivity contribution is -0.155. The van der Waals surface area contributed by atoms with E-state index < -0.39 is 48.8 Å². The van der Waals surface area contributed by atoms with Crippen molar-refractivity contribution in [1.82, 2.24) is 14.6 Å². The first-order valence-electron chi connectivity index (χ1n) is 10.8. The fourth-order valence-corrected chi connectivity index (χ4v) is 3.53. The van der Waals surface area contributed by atoms with Gasteiger partial charge < -0.3 is 34.2 Å². The maximum Gasteiger partial charge on any atom is 0.508 e. The van der Waals surface area contributed by atoms with Crippen LogP contribution >= 0.6 is 0 Å². The van der Waals surface area contributed by atoms with Gasteiger partial charge in [0.1, 0.15) is 30.6 Å². The highest BCUT2D eigenvalue weighted by atomic mass is 16.8. The van der Waals surface area contributed by atoms with Crippen molar-refractivity contribution in [3.05, 3.63) is 24.2 Å². The van der Waals surface area contributed by atoms with Crippen LogP contribution < -0.4 is 5.73 Å². The molecule has 1 fully saturated rings. The number of ether oxygens (including phenoxy) is 6. The smallest absolute Gasteiger partial charge is 0.461 e. The predicted octanol–water partition coefficient (Wildman–Crippen LogP) is 1.68. The molecule has 2 aromatic heterocycles. The van der Waals surface area contributed by atoms with Crippen molar-refractivity contribution >= 4 is 29.6 Å². The molecule has 1 aliphatic rings. The fourth-order valence-electron chi connectivity index (χ4n) is 3.53. The van der Waals surface area contributed by atoms with Crippen LogP contribution in [0.1, 0.15) is 39.0 Å². The number of nitrogens with two attached hydrogens (primary N) is 1. The van der Waals surface area contributed by atoms with E-state index in [4.69, 9.17) is 34.2 Å². The Hall–Kier alpha value is -4.12. The summed E-state index contributed by atoms with van der Waals surface area (Å²) < 4.78 is 33.2. The predicted molar refractivity (Wildman–Crippen MR) is 115 cm³/mol. The van der Waals surface area contributed by atoms with E-state index in [1.807, 2.05) is 6.07 Å². The molecule has 188 valence electrons. The maximum absolute atomic E-state index is 12.3. The van der Waals surface area contributed by atoms with Crippen LogP contribution in [0, 0.1) is 11.3 Å². The second-order valence-corrected chi connectivity index (χ2v) is 7.24. The molecular weight excluding hydrogens is 466 g/mol. The van der Waals surface area contributed by atoms with Gasteiger partial charge in [-0.15, -0.1) is 0 Å². The SMILES string of the molecule is CCOC(=O)O[C@H]1[C@H](c2ccc3c(N)ncnn23)O[C@](C#N)(COC(=O)CC)[C@H]1OC(=O)OCC. The van der Waals surface area contributed by atoms with Crippen LogP contribution in [-0.4, -0.2) is 70.5 Å². The van der Waals surface area contributed by atoms with Crippen molar-refractivity contribution in [2.45, 2.75) is 51.1 Å². The number of anilines is 1. The summed E-state index contributed by atoms with van der Waals surface area (Å²) in [5.74, 6) is -0.465. The quantitative estimate of drug-likeness (QED) is 0.415. The van der Waals surface area contributed by atoms with Crippen LogP contribution in [-0.2, 0) is 33.2 Å². The van der Waals surface area contributed by atoms with Gasteiger partial charge in [0.2, 0.25) is 5.60 Å². The highest BCUT2D eigenvalue weighted by molar-refractivity contribution is 5.69. The van der Waals surface area contributed by atoms with Gasteiger partial charge in [-0.25, -0.2) is 19.1 Å². The summed E-state index contributed by atoms with van der Waals surface area (Å²) in [6, 6.07) is 5.08. The van der Waals surface area contributed by atoms with E-state index in [-0.39, 0.29) is 25.5 Å². The molecule has 0 radical (unpaired) electrons. The number of aromatic nitrogens is 3. The number of fused-ring (bicyclic) bond motifs is 1. The third kappa shape index (κ3) is 5.19. The summed E-state index contributed by atoms with van der Waals surface area (Å²) in [5, 5.41) is 14.3. The Labute approximate surface area is 199 Å². The van der Waals surface area contributed by atoms with Gasteiger partial charge >= 0.3 is 18.3 Å². The Morgan fingerprint density at radius 2 is 1.83 bits per heavy atom. The monoisotopic (exact) mass is 491 g/mol. The average molecular weight is 491 g/mol. The van der Waals surface area contributed by atoms with Gasteiger partial charge in [0.25, 0.3) is 0 Å². The van der Waals surface area contributed by atoms with E-state index in [1.165, 1.54) is 10.8 Å². The Morgan fingerprint density at radius 1 is 1.14 bits per heavy atom. The normalized spacial score (nSPS) is 23.3. The van der Waals surface area contributed by atoms with E-state index in [0.29, 0.717) is 11.2 Å². The summed E-state index contributed by atoms with van der Waals surface area (Å²) in [6.45, 7) is 4.04. The Bertz CT molecular complexity index is 1130. The molecule has 14 nitrogen and oxygen atoms in total. The van der Waals surface area contributed by atoms with E-state index in [9.17, 15) is 19.6 Å². The number of rotatable bonds is 8. The third-order valence-electron chi connectivity index (χ3n) is 5.10. The van der Waals surface area contributed by atoms with Gasteiger partial charge in [-0.3, -0.25) is 4.79 Å². The topological polar surface area (TPSA) is 187 Å². The molecule has 0 unspecified atom stereocenters. The highest BCUT2D eigenvalue weighted by Crippen LogP contribution is 2.44. The van der Waals surface area contributed by atoms with Gasteiger partial charge in [0, 0.05) is 6.42 Å². The summed E-state index contributed by atoms with van der Waals surface area (Å²) in [4.78, 5) is 40.4. The van der Waals surface area contributed by atoms with Crippen molar-refractivity contribution < 1.29 is 42.8 Å². The molecule has 3 rings (SSSR count). The molecule has 0 aliphatic carbocycles. The molecule has 0 aromatic carbocycles. The van der Waals surface area contributed by atoms with E-state index in [0.717, 1.165) is 0 Å². The molecule has 1 aliphatic heterocycles. The molecule has 0 bridgehead atoms. The van der Waals surface area contributed by atoms with Crippen molar-refractivity contribution in [2.24, 2.45) is 0 Å². The molecule has 0 amide bonds. The van der Waals surface area contributed by atoms with Crippen LogP contribution in [0.5, 0.6) is 0 Å². The number of hydrogen-bond donors (Lipinski definition) is 1. The summed E-state index contributed by atoms with van der Waals surface area (Å²) >= 11 is 0. The van der Waals surface area contributed by atoms with E-state index in [2.05, 4.69) is 10.1 Å². The zero-order valence-electron chi connectivity index (χ0n) is 19.3. The lowest BCUT2D eigenvalue weighted by atomic mass is 9.95. The first-order chi connectivity index (χ1) is 16.8. The second-order valence-electron chi connectivity index (χ2n) is 7.24. The molecular formula is C21H25N5O9. The molecule has 2 aromatic rings. The van der Waals surface area contributed by atoms with Crippen molar-refractivity contribution in [3.63, 3.8) is 0 Å². The lowest BCUT2D eigenvalue weighted by Crippen LogP contribution is -2.50. The molecule has 4 atom stereocenters. The largest absolute Gasteiger partial charge is 0.508 e. The van der Waals surface area contributed by atoms with Gasteiger partial charge in [-0.1, -0.05) is 6.92 Å². The van der Waals surface area contributed by atoms with Gasteiger partial charge in [0.05, 0.1) is 18.9 Å². The Morgan fingerprint density at radius 3 is 2.46 bits per heavy atom. The number of esters is 1. The standard InChI is InChI=1S/C21H25N5O9/c1-4-14(27)32-10-21(9-22)17(34-20(29)31-6-3)16(33-19(28)30-5-2)15(35-21)12-7-8-13-18(23)24-11-25-26(12)13/h7-8,11,15-17H,4-6,10H2,1-3H3,(H2,23,24,25)/t15-,16-,17-,21+/m0/s1. The zero-order chi connectivity index (χ0) is 25.6. The van der Waals surface area contributed by atoms with Gasteiger partial charge in [-0.05, 0) is 26.0 Å². The summed E-state index contributed by atoms with van der Waals surface area (Å²) in [5.41, 5.74) is 4.55. The number of nitrogen functional groups attached to an aromatic ring is 1. The first kappa shape index (κ1) is 25.5. The number of hydrogen-bond acceptors (Lipinski definition) is 13. The highest BCUT2D eigenvalue weighted by Gasteiger charge is 2.62. The number of carbonyl (C=O) groups excluding carboxylic acids is 3. The molecule has 0 spiro atoms. The fraction of sp³-hybridized carbons (Fsp3) is 0.524. The minimum absolute atomic E-state index is 0.00417. The maximum atomic E-state index is 12.3. The van der Waals surface area contributed by atoms with Gasteiger partial charge in [0.15, 0.2) is 18.0 Å². The van der Waals surface area contributed by atoms with Crippen molar-refractivity contribution in [3.8, 4) is 6.07 Å². The second kappa shape index (κ2) is 10.9. The molecule has 1 saturated heterocycles. The summed E-state index contributed by atoms with van der Waals surface area (Å²) in [7, 11) is 0. The Kier molecular flexibility index (Phi) is 7.92. The molecule has 3 heterocycles. The zero-order valence-corrected chi connectivity index (χ0v) is 19.3. The van der Waals surface area contributed by atoms with Crippen LogP contribution in [0.15, 0.2) is 18.5 Å². The van der Waals surface area contributed by atoms with Crippen LogP contribution in [0.2, 0.25) is 0 Å². The van der Waals surface area contributed by atoms with Gasteiger partial charge in [-0.2, -0.15) is 10.4 Å². The molecule has 14 heteroatoms. The lowest BCUT2D eigenvalue weighted by Gasteiger charge is -2.27. The third-order valence-corrected chi connectivity index (χ3v) is 5.10. The minimum atomic E-state index is -2.07. The number of nitriles is 1. The number of carbonyl (C=O) groups is 3. The molecule has 35 heavy (non-hydrogen) atoms. The van der Waals surface area contributed by atoms with Crippen LogP contribution in [0.25, 0.3) is 5.52 Å². The molecule has 0 saturated carbocycles. The minimum Gasteiger partial charge on any atom is -0.461 e. The van der Waals surface area contributed by atoms with Crippen molar-refractivity contribution in [1.29, 1.82) is 5.26 Å². The molecule has 2 N–H and O–H groups in total. The Balaban J connectivity index is 2.11. The van der Waals surface area contributed by atoms with Crippen molar-refractivity contribution in [2.75, 3.05) is 25.6 Å². The summed E-state index contributed by atoms with van der Waals surface area (Å²) in [6.07, 6.45) is -5.24. The average Bonchev–Trinajstić information content (AvgIpc) is 3.39. The van der Waals surface area contributed by atoms with Crippen LogP contribution in [0.4, 0.5) is 15.4 Å². The van der Waals surface area contributed by atoms with E-state index in [1.54, 1.807) is 32.9 Å². The first-order valence-corrected chi connectivity index (χ1v) is 10.8. The van der Waals surface area contributed by atoms with E-state index >= 15 is 0 Å². The number of nitrogens with zero attached hydrogens (tertiary/aromatic N) is 4.